The Labute approximate surface area is 118 Å². The lowest BCUT2D eigenvalue weighted by Gasteiger charge is -2.18. The normalized spacial score (nSPS) is 11.9. The van der Waals surface area contributed by atoms with E-state index in [1.807, 2.05) is 0 Å². The molecule has 1 amide bonds. The van der Waals surface area contributed by atoms with Gasteiger partial charge in [0.1, 0.15) is 11.6 Å². The van der Waals surface area contributed by atoms with E-state index in [9.17, 15) is 18.2 Å². The zero-order chi connectivity index (χ0) is 15.3. The number of carbonyl (C=O) groups is 2. The highest BCUT2D eigenvalue weighted by Gasteiger charge is 2.19. The van der Waals surface area contributed by atoms with Gasteiger partial charge in [0.2, 0.25) is 5.91 Å². The van der Waals surface area contributed by atoms with E-state index < -0.39 is 22.6 Å². The molecule has 1 unspecified atom stereocenters. The summed E-state index contributed by atoms with van der Waals surface area (Å²) < 4.78 is 25.6. The molecule has 0 aliphatic heterocycles. The third-order valence-electron chi connectivity index (χ3n) is 2.79. The fraction of sp³-hybridized carbons (Fsp3) is 0.385. The Morgan fingerprint density at radius 2 is 1.90 bits per heavy atom. The Morgan fingerprint density at radius 1 is 1.30 bits per heavy atom. The maximum atomic E-state index is 13.6. The predicted octanol–water partition coefficient (Wildman–Crippen LogP) is 1.50. The van der Waals surface area contributed by atoms with Gasteiger partial charge in [0.25, 0.3) is 0 Å². The Kier molecular flexibility index (Phi) is 5.82. The molecule has 0 fully saturated rings. The molecule has 0 radical (unpaired) electrons. The minimum atomic E-state index is -1.91. The number of carbonyl (C=O) groups excluding carboxylic acids is 1. The summed E-state index contributed by atoms with van der Waals surface area (Å²) in [5.41, 5.74) is -0.162. The lowest BCUT2D eigenvalue weighted by Crippen LogP contribution is -2.34. The Balaban J connectivity index is 2.95. The van der Waals surface area contributed by atoms with Crippen LogP contribution in [0.4, 0.5) is 4.39 Å². The summed E-state index contributed by atoms with van der Waals surface area (Å²) in [6.45, 7) is 4.53. The van der Waals surface area contributed by atoms with Gasteiger partial charge >= 0.3 is 5.97 Å². The molecule has 5 nitrogen and oxygen atoms in total. The molecule has 110 valence electrons. The summed E-state index contributed by atoms with van der Waals surface area (Å²) in [5.74, 6) is -2.73. The van der Waals surface area contributed by atoms with E-state index in [1.54, 1.807) is 13.8 Å². The van der Waals surface area contributed by atoms with Gasteiger partial charge in [0.15, 0.2) is 0 Å². The summed E-state index contributed by atoms with van der Waals surface area (Å²) in [6.07, 6.45) is 0. The van der Waals surface area contributed by atoms with Gasteiger partial charge in [-0.3, -0.25) is 9.00 Å². The van der Waals surface area contributed by atoms with Gasteiger partial charge in [0, 0.05) is 13.1 Å². The number of nitrogens with zero attached hydrogens (tertiary/aromatic N) is 1. The van der Waals surface area contributed by atoms with Crippen LogP contribution in [0.25, 0.3) is 0 Å². The van der Waals surface area contributed by atoms with Crippen LogP contribution in [0.2, 0.25) is 0 Å². The average molecular weight is 301 g/mol. The highest BCUT2D eigenvalue weighted by Crippen LogP contribution is 2.15. The number of benzene rings is 1. The SMILES string of the molecule is CCN(CC)C(=O)CS(=O)c1cc(C(=O)O)ccc1F. The van der Waals surface area contributed by atoms with Gasteiger partial charge in [-0.05, 0) is 32.0 Å². The van der Waals surface area contributed by atoms with Crippen molar-refractivity contribution in [1.82, 2.24) is 4.90 Å². The van der Waals surface area contributed by atoms with Crippen LogP contribution in [0.5, 0.6) is 0 Å². The van der Waals surface area contributed by atoms with Crippen LogP contribution in [0, 0.1) is 5.82 Å². The van der Waals surface area contributed by atoms with Crippen molar-refractivity contribution in [2.75, 3.05) is 18.8 Å². The Hall–Kier alpha value is -1.76. The quantitative estimate of drug-likeness (QED) is 0.864. The van der Waals surface area contributed by atoms with Crippen LogP contribution in [-0.4, -0.2) is 44.9 Å². The second-order valence-electron chi connectivity index (χ2n) is 4.01. The molecule has 1 N–H and O–H groups in total. The second kappa shape index (κ2) is 7.14. The van der Waals surface area contributed by atoms with Gasteiger partial charge in [-0.15, -0.1) is 0 Å². The molecule has 0 aromatic heterocycles. The largest absolute Gasteiger partial charge is 0.478 e. The van der Waals surface area contributed by atoms with E-state index in [0.717, 1.165) is 18.2 Å². The zero-order valence-electron chi connectivity index (χ0n) is 11.3. The van der Waals surface area contributed by atoms with Crippen molar-refractivity contribution >= 4 is 22.7 Å². The number of carboxylic acid groups (broad SMARTS) is 1. The summed E-state index contributed by atoms with van der Waals surface area (Å²) in [4.78, 5) is 23.9. The van der Waals surface area contributed by atoms with Crippen molar-refractivity contribution in [1.29, 1.82) is 0 Å². The summed E-state index contributed by atoms with van der Waals surface area (Å²) in [5, 5.41) is 8.83. The van der Waals surface area contributed by atoms with Gasteiger partial charge in [-0.2, -0.15) is 0 Å². The van der Waals surface area contributed by atoms with Crippen molar-refractivity contribution in [2.24, 2.45) is 0 Å². The van der Waals surface area contributed by atoms with Crippen molar-refractivity contribution in [3.05, 3.63) is 29.6 Å². The molecule has 7 heteroatoms. The first-order chi connectivity index (χ1) is 9.40. The molecule has 1 aromatic carbocycles. The summed E-state index contributed by atoms with van der Waals surface area (Å²) >= 11 is 0. The van der Waals surface area contributed by atoms with Crippen LogP contribution in [-0.2, 0) is 15.6 Å². The lowest BCUT2D eigenvalue weighted by atomic mass is 10.2. The standard InChI is InChI=1S/C13H16FNO4S/c1-3-15(4-2)12(16)8-20(19)11-7-9(13(17)18)5-6-10(11)14/h5-7H,3-4,8H2,1-2H3,(H,17,18). The summed E-state index contributed by atoms with van der Waals surface area (Å²) in [7, 11) is -1.91. The first-order valence-corrected chi connectivity index (χ1v) is 7.41. The van der Waals surface area contributed by atoms with Crippen molar-refractivity contribution < 1.29 is 23.3 Å². The first kappa shape index (κ1) is 16.3. The fourth-order valence-electron chi connectivity index (χ4n) is 1.67. The van der Waals surface area contributed by atoms with E-state index >= 15 is 0 Å². The van der Waals surface area contributed by atoms with E-state index in [2.05, 4.69) is 0 Å². The van der Waals surface area contributed by atoms with Crippen molar-refractivity contribution in [3.8, 4) is 0 Å². The van der Waals surface area contributed by atoms with Crippen molar-refractivity contribution in [2.45, 2.75) is 18.7 Å². The molecule has 1 atom stereocenters. The molecule has 0 bridgehead atoms. The molecular formula is C13H16FNO4S. The van der Waals surface area contributed by atoms with Crippen LogP contribution in [0.1, 0.15) is 24.2 Å². The van der Waals surface area contributed by atoms with Gasteiger partial charge in [-0.1, -0.05) is 0 Å². The molecule has 1 aromatic rings. The van der Waals surface area contributed by atoms with Gasteiger partial charge in [-0.25, -0.2) is 9.18 Å². The number of halogens is 1. The Morgan fingerprint density at radius 3 is 2.40 bits per heavy atom. The Bertz CT molecular complexity index is 543. The third-order valence-corrected chi connectivity index (χ3v) is 4.11. The number of hydrogen-bond acceptors (Lipinski definition) is 3. The average Bonchev–Trinajstić information content (AvgIpc) is 2.40. The first-order valence-electron chi connectivity index (χ1n) is 6.09. The molecule has 1 rings (SSSR count). The number of aromatic carboxylic acids is 1. The topological polar surface area (TPSA) is 74.7 Å². The molecule has 0 heterocycles. The maximum absolute atomic E-state index is 13.6. The summed E-state index contributed by atoms with van der Waals surface area (Å²) in [6, 6.07) is 3.03. The monoisotopic (exact) mass is 301 g/mol. The zero-order valence-corrected chi connectivity index (χ0v) is 12.1. The smallest absolute Gasteiger partial charge is 0.335 e. The van der Waals surface area contributed by atoms with Crippen LogP contribution >= 0.6 is 0 Å². The fourth-order valence-corrected chi connectivity index (χ4v) is 2.77. The second-order valence-corrected chi connectivity index (χ2v) is 5.43. The molecule has 0 spiro atoms. The number of rotatable bonds is 6. The predicted molar refractivity (Wildman–Crippen MR) is 72.6 cm³/mol. The molecule has 20 heavy (non-hydrogen) atoms. The maximum Gasteiger partial charge on any atom is 0.335 e. The molecule has 0 saturated carbocycles. The minimum Gasteiger partial charge on any atom is -0.478 e. The van der Waals surface area contributed by atoms with Crippen molar-refractivity contribution in [3.63, 3.8) is 0 Å². The number of carboxylic acids is 1. The van der Waals surface area contributed by atoms with E-state index in [1.165, 1.54) is 4.90 Å². The van der Waals surface area contributed by atoms with Crippen LogP contribution < -0.4 is 0 Å². The number of hydrogen-bond donors (Lipinski definition) is 1. The third kappa shape index (κ3) is 3.86. The molecular weight excluding hydrogens is 285 g/mol. The van der Waals surface area contributed by atoms with Gasteiger partial charge in [0.05, 0.1) is 21.3 Å². The van der Waals surface area contributed by atoms with E-state index in [-0.39, 0.29) is 22.1 Å². The molecule has 0 aliphatic carbocycles. The lowest BCUT2D eigenvalue weighted by molar-refractivity contribution is -0.128. The number of amides is 1. The highest BCUT2D eigenvalue weighted by molar-refractivity contribution is 7.85. The van der Waals surface area contributed by atoms with E-state index in [4.69, 9.17) is 5.11 Å². The van der Waals surface area contributed by atoms with Crippen LogP contribution in [0.3, 0.4) is 0 Å². The van der Waals surface area contributed by atoms with E-state index in [0.29, 0.717) is 13.1 Å². The highest BCUT2D eigenvalue weighted by atomic mass is 32.2. The van der Waals surface area contributed by atoms with Crippen LogP contribution in [0.15, 0.2) is 23.1 Å². The van der Waals surface area contributed by atoms with Gasteiger partial charge < -0.3 is 10.0 Å². The minimum absolute atomic E-state index is 0.162. The molecule has 0 aliphatic rings. The molecule has 0 saturated heterocycles.